The van der Waals surface area contributed by atoms with Crippen LogP contribution in [0.1, 0.15) is 26.2 Å². The van der Waals surface area contributed by atoms with Crippen LogP contribution in [0.25, 0.3) is 0 Å². The second-order valence-corrected chi connectivity index (χ2v) is 10.1. The Morgan fingerprint density at radius 1 is 1.29 bits per heavy atom. The molecule has 8 heteroatoms. The lowest BCUT2D eigenvalue weighted by Crippen LogP contribution is -2.40. The van der Waals surface area contributed by atoms with E-state index in [1.807, 2.05) is 48.7 Å². The van der Waals surface area contributed by atoms with Gasteiger partial charge in [0.1, 0.15) is 16.9 Å². The second-order valence-electron chi connectivity index (χ2n) is 7.28. The van der Waals surface area contributed by atoms with E-state index in [9.17, 15) is 8.42 Å². The monoisotopic (exact) mass is 457 g/mol. The number of nitriles is 1. The number of allylic oxidation sites excluding steroid dienone is 1. The molecule has 0 bridgehead atoms. The SMILES string of the molecule is CCCCC1CN(c2ccccc2)c2cc(SC)c(O/C=C/C#N)cc2S(=O)(=O)N1C. The standard InChI is InChI=1S/C23H27N3O3S2/c1-4-5-10-19-17-26(18-11-7-6-8-12-18)20-15-22(30-3)21(29-14-9-13-24)16-23(20)31(27,28)25(19)2/h6-9,11-12,14-16,19H,4-5,10,17H2,1-3H3/b14-9+. The van der Waals surface area contributed by atoms with Gasteiger partial charge in [-0.1, -0.05) is 38.0 Å². The van der Waals surface area contributed by atoms with Crippen molar-refractivity contribution in [1.82, 2.24) is 4.31 Å². The van der Waals surface area contributed by atoms with E-state index in [0.29, 0.717) is 18.0 Å². The van der Waals surface area contributed by atoms with Gasteiger partial charge in [-0.05, 0) is 30.9 Å². The number of ether oxygens (including phenoxy) is 1. The van der Waals surface area contributed by atoms with Crippen LogP contribution in [0.15, 0.2) is 64.6 Å². The molecule has 0 fully saturated rings. The largest absolute Gasteiger partial charge is 0.463 e. The van der Waals surface area contributed by atoms with Crippen LogP contribution in [-0.4, -0.2) is 38.6 Å². The minimum absolute atomic E-state index is 0.155. The first-order valence-corrected chi connectivity index (χ1v) is 12.8. The zero-order chi connectivity index (χ0) is 22.4. The fourth-order valence-electron chi connectivity index (χ4n) is 3.68. The van der Waals surface area contributed by atoms with Crippen LogP contribution in [-0.2, 0) is 10.0 Å². The Balaban J connectivity index is 2.22. The van der Waals surface area contributed by atoms with Crippen molar-refractivity contribution in [3.8, 4) is 11.8 Å². The zero-order valence-corrected chi connectivity index (χ0v) is 19.6. The van der Waals surface area contributed by atoms with E-state index in [2.05, 4.69) is 11.8 Å². The number of thioether (sulfide) groups is 1. The lowest BCUT2D eigenvalue weighted by Gasteiger charge is -2.29. The summed E-state index contributed by atoms with van der Waals surface area (Å²) in [7, 11) is -2.08. The molecule has 0 spiro atoms. The number of likely N-dealkylation sites (N-methyl/N-ethyl adjacent to an activating group) is 1. The Morgan fingerprint density at radius 3 is 2.68 bits per heavy atom. The highest BCUT2D eigenvalue weighted by Crippen LogP contribution is 2.43. The van der Waals surface area contributed by atoms with Gasteiger partial charge in [0.15, 0.2) is 0 Å². The fraction of sp³-hybridized carbons (Fsp3) is 0.348. The number of para-hydroxylation sites is 1. The van der Waals surface area contributed by atoms with E-state index < -0.39 is 10.0 Å². The Labute approximate surface area is 189 Å². The molecule has 0 amide bonds. The Hall–Kier alpha value is -2.47. The smallest absolute Gasteiger partial charge is 0.245 e. The van der Waals surface area contributed by atoms with Crippen molar-refractivity contribution in [1.29, 1.82) is 5.26 Å². The van der Waals surface area contributed by atoms with E-state index in [0.717, 1.165) is 29.8 Å². The summed E-state index contributed by atoms with van der Waals surface area (Å²) in [4.78, 5) is 3.09. The third kappa shape index (κ3) is 4.90. The number of anilines is 2. The molecule has 164 valence electrons. The molecule has 31 heavy (non-hydrogen) atoms. The summed E-state index contributed by atoms with van der Waals surface area (Å²) in [6.07, 6.45) is 7.14. The summed E-state index contributed by atoms with van der Waals surface area (Å²) >= 11 is 1.47. The molecule has 1 heterocycles. The van der Waals surface area contributed by atoms with E-state index in [-0.39, 0.29) is 10.9 Å². The molecule has 1 aliphatic rings. The van der Waals surface area contributed by atoms with E-state index in [1.54, 1.807) is 13.1 Å². The number of rotatable bonds is 7. The summed E-state index contributed by atoms with van der Waals surface area (Å²) in [6.45, 7) is 2.67. The van der Waals surface area contributed by atoms with Crippen LogP contribution in [0, 0.1) is 11.3 Å². The maximum absolute atomic E-state index is 13.6. The number of fused-ring (bicyclic) bond motifs is 1. The van der Waals surface area contributed by atoms with Gasteiger partial charge in [0.25, 0.3) is 0 Å². The van der Waals surface area contributed by atoms with Crippen LogP contribution in [0.2, 0.25) is 0 Å². The van der Waals surface area contributed by atoms with Crippen LogP contribution in [0.3, 0.4) is 0 Å². The third-order valence-corrected chi connectivity index (χ3v) is 8.10. The van der Waals surface area contributed by atoms with Gasteiger partial charge in [-0.15, -0.1) is 11.8 Å². The second kappa shape index (κ2) is 10.2. The molecule has 0 saturated heterocycles. The molecule has 1 unspecified atom stereocenters. The summed E-state index contributed by atoms with van der Waals surface area (Å²) in [6, 6.07) is 15.0. The molecular formula is C23H27N3O3S2. The summed E-state index contributed by atoms with van der Waals surface area (Å²) in [5.74, 6) is 0.412. The van der Waals surface area contributed by atoms with E-state index in [1.165, 1.54) is 28.4 Å². The van der Waals surface area contributed by atoms with Gasteiger partial charge in [0.2, 0.25) is 10.0 Å². The first kappa shape index (κ1) is 23.2. The molecule has 0 N–H and O–H groups in total. The highest BCUT2D eigenvalue weighted by molar-refractivity contribution is 7.98. The van der Waals surface area contributed by atoms with Gasteiger partial charge in [-0.25, -0.2) is 8.42 Å². The molecule has 0 aliphatic carbocycles. The summed E-state index contributed by atoms with van der Waals surface area (Å²) in [5.41, 5.74) is 1.58. The topological polar surface area (TPSA) is 73.6 Å². The van der Waals surface area contributed by atoms with Crippen molar-refractivity contribution in [2.24, 2.45) is 0 Å². The molecule has 2 aromatic carbocycles. The highest BCUT2D eigenvalue weighted by atomic mass is 32.2. The third-order valence-electron chi connectivity index (χ3n) is 5.40. The Morgan fingerprint density at radius 2 is 2.03 bits per heavy atom. The number of unbranched alkanes of at least 4 members (excludes halogenated alkanes) is 1. The lowest BCUT2D eigenvalue weighted by atomic mass is 10.1. The maximum Gasteiger partial charge on any atom is 0.245 e. The number of hydrogen-bond acceptors (Lipinski definition) is 6. The van der Waals surface area contributed by atoms with Crippen LogP contribution < -0.4 is 9.64 Å². The van der Waals surface area contributed by atoms with E-state index in [4.69, 9.17) is 10.00 Å². The molecule has 0 aromatic heterocycles. The van der Waals surface area contributed by atoms with Crippen molar-refractivity contribution in [3.63, 3.8) is 0 Å². The number of benzene rings is 2. The number of hydrogen-bond donors (Lipinski definition) is 0. The van der Waals surface area contributed by atoms with E-state index >= 15 is 0 Å². The van der Waals surface area contributed by atoms with Gasteiger partial charge < -0.3 is 9.64 Å². The van der Waals surface area contributed by atoms with Gasteiger partial charge in [0, 0.05) is 31.4 Å². The molecule has 1 atom stereocenters. The first-order valence-electron chi connectivity index (χ1n) is 10.2. The molecule has 3 rings (SSSR count). The quantitative estimate of drug-likeness (QED) is 0.325. The highest BCUT2D eigenvalue weighted by Gasteiger charge is 2.37. The van der Waals surface area contributed by atoms with Crippen LogP contribution >= 0.6 is 11.8 Å². The van der Waals surface area contributed by atoms with Gasteiger partial charge >= 0.3 is 0 Å². The lowest BCUT2D eigenvalue weighted by molar-refractivity contribution is 0.351. The van der Waals surface area contributed by atoms with Gasteiger partial charge in [0.05, 0.1) is 22.7 Å². The molecule has 0 radical (unpaired) electrons. The van der Waals surface area contributed by atoms with Crippen molar-refractivity contribution in [2.75, 3.05) is 24.7 Å². The predicted molar refractivity (Wildman–Crippen MR) is 125 cm³/mol. The summed E-state index contributed by atoms with van der Waals surface area (Å²) in [5, 5.41) is 8.75. The van der Waals surface area contributed by atoms with Gasteiger partial charge in [-0.3, -0.25) is 0 Å². The number of nitrogens with zero attached hydrogens (tertiary/aromatic N) is 3. The minimum Gasteiger partial charge on any atom is -0.463 e. The van der Waals surface area contributed by atoms with Crippen molar-refractivity contribution in [3.05, 3.63) is 54.8 Å². The minimum atomic E-state index is -3.74. The predicted octanol–water partition coefficient (Wildman–Crippen LogP) is 5.16. The van der Waals surface area contributed by atoms with Crippen LogP contribution in [0.5, 0.6) is 5.75 Å². The average molecular weight is 458 g/mol. The zero-order valence-electron chi connectivity index (χ0n) is 18.0. The average Bonchev–Trinajstić information content (AvgIpc) is 2.86. The normalized spacial score (nSPS) is 18.4. The van der Waals surface area contributed by atoms with Crippen molar-refractivity contribution >= 4 is 33.2 Å². The van der Waals surface area contributed by atoms with Crippen molar-refractivity contribution in [2.45, 2.75) is 42.0 Å². The Bertz CT molecular complexity index is 1080. The molecule has 2 aromatic rings. The number of sulfonamides is 1. The van der Waals surface area contributed by atoms with Crippen molar-refractivity contribution < 1.29 is 13.2 Å². The first-order chi connectivity index (χ1) is 14.9. The van der Waals surface area contributed by atoms with Gasteiger partial charge in [-0.2, -0.15) is 9.57 Å². The maximum atomic E-state index is 13.6. The Kier molecular flexibility index (Phi) is 7.65. The molecule has 6 nitrogen and oxygen atoms in total. The molecule has 0 saturated carbocycles. The van der Waals surface area contributed by atoms with Crippen LogP contribution in [0.4, 0.5) is 11.4 Å². The summed E-state index contributed by atoms with van der Waals surface area (Å²) < 4.78 is 34.4. The molecule has 1 aliphatic heterocycles. The fourth-order valence-corrected chi connectivity index (χ4v) is 5.78. The molecular weight excluding hydrogens is 430 g/mol.